The average molecular weight is 344 g/mol. The highest BCUT2D eigenvalue weighted by Gasteiger charge is 2.11. The molecule has 0 aliphatic heterocycles. The molecule has 0 aliphatic carbocycles. The quantitative estimate of drug-likeness (QED) is 0.651. The summed E-state index contributed by atoms with van der Waals surface area (Å²) in [5, 5.41) is 0.674. The molecule has 2 nitrogen and oxygen atoms in total. The van der Waals surface area contributed by atoms with Gasteiger partial charge in [0.15, 0.2) is 0 Å². The Morgan fingerprint density at radius 3 is 2.47 bits per heavy atom. The van der Waals surface area contributed by atoms with Crippen molar-refractivity contribution in [3.8, 4) is 0 Å². The van der Waals surface area contributed by atoms with E-state index in [1.54, 1.807) is 0 Å². The molecule has 0 amide bonds. The molecule has 0 fully saturated rings. The predicted octanol–water partition coefficient (Wildman–Crippen LogP) is 3.99. The normalized spacial score (nSPS) is 12.4. The van der Waals surface area contributed by atoms with Gasteiger partial charge in [-0.05, 0) is 47.9 Å². The molecule has 1 atom stereocenters. The van der Waals surface area contributed by atoms with Crippen molar-refractivity contribution in [2.24, 2.45) is 5.84 Å². The first-order chi connectivity index (χ1) is 9.08. The Morgan fingerprint density at radius 1 is 1.21 bits per heavy atom. The van der Waals surface area contributed by atoms with Gasteiger partial charge in [-0.1, -0.05) is 39.7 Å². The molecule has 1 unspecified atom stereocenters. The minimum atomic E-state index is -0.267. The van der Waals surface area contributed by atoms with Crippen molar-refractivity contribution in [3.63, 3.8) is 0 Å². The second kappa shape index (κ2) is 6.48. The van der Waals surface area contributed by atoms with E-state index < -0.39 is 0 Å². The number of hydrazine groups is 1. The molecule has 0 spiro atoms. The van der Waals surface area contributed by atoms with Crippen LogP contribution in [0.4, 0.5) is 4.39 Å². The SMILES string of the molecule is NNC(Cc1cc(F)cc(Br)c1)c1ccc(Cl)cc1. The third-order valence-electron chi connectivity index (χ3n) is 2.84. The molecule has 2 aromatic carbocycles. The molecule has 19 heavy (non-hydrogen) atoms. The Bertz CT molecular complexity index is 540. The molecule has 0 saturated carbocycles. The highest BCUT2D eigenvalue weighted by Crippen LogP contribution is 2.22. The molecular formula is C14H13BrClFN2. The van der Waals surface area contributed by atoms with Gasteiger partial charge in [-0.25, -0.2) is 4.39 Å². The topological polar surface area (TPSA) is 38.0 Å². The van der Waals surface area contributed by atoms with Crippen molar-refractivity contribution >= 4 is 27.5 Å². The third-order valence-corrected chi connectivity index (χ3v) is 3.55. The van der Waals surface area contributed by atoms with E-state index in [4.69, 9.17) is 17.4 Å². The van der Waals surface area contributed by atoms with Gasteiger partial charge in [0.25, 0.3) is 0 Å². The summed E-state index contributed by atoms with van der Waals surface area (Å²) in [6.45, 7) is 0. The van der Waals surface area contributed by atoms with Gasteiger partial charge < -0.3 is 0 Å². The highest BCUT2D eigenvalue weighted by atomic mass is 79.9. The van der Waals surface area contributed by atoms with Crippen LogP contribution in [0.15, 0.2) is 46.9 Å². The van der Waals surface area contributed by atoms with Gasteiger partial charge >= 0.3 is 0 Å². The molecule has 0 bridgehead atoms. The zero-order valence-corrected chi connectivity index (χ0v) is 12.4. The zero-order chi connectivity index (χ0) is 13.8. The number of rotatable bonds is 4. The van der Waals surface area contributed by atoms with Crippen LogP contribution in [0, 0.1) is 5.82 Å². The van der Waals surface area contributed by atoms with Crippen molar-refractivity contribution in [1.29, 1.82) is 0 Å². The van der Waals surface area contributed by atoms with Crippen LogP contribution in [-0.2, 0) is 6.42 Å². The molecule has 5 heteroatoms. The number of nitrogens with two attached hydrogens (primary N) is 1. The largest absolute Gasteiger partial charge is 0.271 e. The van der Waals surface area contributed by atoms with Crippen molar-refractivity contribution in [2.45, 2.75) is 12.5 Å². The summed E-state index contributed by atoms with van der Waals surface area (Å²) >= 11 is 9.14. The van der Waals surface area contributed by atoms with Crippen LogP contribution < -0.4 is 11.3 Å². The Balaban J connectivity index is 2.21. The first kappa shape index (κ1) is 14.5. The van der Waals surface area contributed by atoms with E-state index >= 15 is 0 Å². The van der Waals surface area contributed by atoms with Gasteiger partial charge in [-0.2, -0.15) is 0 Å². The van der Waals surface area contributed by atoms with E-state index in [9.17, 15) is 4.39 Å². The third kappa shape index (κ3) is 4.01. The Hall–Kier alpha value is -0.940. The van der Waals surface area contributed by atoms with Gasteiger partial charge in [0.1, 0.15) is 5.82 Å². The summed E-state index contributed by atoms with van der Waals surface area (Å²) in [5.41, 5.74) is 4.62. The van der Waals surface area contributed by atoms with E-state index in [0.717, 1.165) is 15.6 Å². The lowest BCUT2D eigenvalue weighted by molar-refractivity contribution is 0.548. The van der Waals surface area contributed by atoms with E-state index in [1.165, 1.54) is 12.1 Å². The van der Waals surface area contributed by atoms with Crippen LogP contribution in [0.1, 0.15) is 17.2 Å². The average Bonchev–Trinajstić information content (AvgIpc) is 2.36. The lowest BCUT2D eigenvalue weighted by Gasteiger charge is -2.16. The second-order valence-corrected chi connectivity index (χ2v) is 5.60. The first-order valence-electron chi connectivity index (χ1n) is 5.75. The first-order valence-corrected chi connectivity index (χ1v) is 6.92. The van der Waals surface area contributed by atoms with Crippen molar-refractivity contribution in [2.75, 3.05) is 0 Å². The summed E-state index contributed by atoms with van der Waals surface area (Å²) < 4.78 is 14.1. The zero-order valence-electron chi connectivity index (χ0n) is 10.0. The van der Waals surface area contributed by atoms with Crippen LogP contribution in [0.2, 0.25) is 5.02 Å². The van der Waals surface area contributed by atoms with Crippen molar-refractivity contribution in [3.05, 3.63) is 68.9 Å². The summed E-state index contributed by atoms with van der Waals surface area (Å²) in [7, 11) is 0. The molecular weight excluding hydrogens is 331 g/mol. The lowest BCUT2D eigenvalue weighted by atomic mass is 9.99. The smallest absolute Gasteiger partial charge is 0.124 e. The molecule has 0 radical (unpaired) electrons. The summed E-state index contributed by atoms with van der Waals surface area (Å²) in [4.78, 5) is 0. The lowest BCUT2D eigenvalue weighted by Crippen LogP contribution is -2.29. The molecule has 0 aromatic heterocycles. The van der Waals surface area contributed by atoms with Gasteiger partial charge in [-0.3, -0.25) is 11.3 Å². The van der Waals surface area contributed by atoms with E-state index in [-0.39, 0.29) is 11.9 Å². The molecule has 0 heterocycles. The molecule has 0 aliphatic rings. The maximum Gasteiger partial charge on any atom is 0.124 e. The molecule has 2 rings (SSSR count). The Kier molecular flexibility index (Phi) is 4.93. The summed E-state index contributed by atoms with van der Waals surface area (Å²) in [5.74, 6) is 5.31. The minimum absolute atomic E-state index is 0.0917. The highest BCUT2D eigenvalue weighted by molar-refractivity contribution is 9.10. The minimum Gasteiger partial charge on any atom is -0.271 e. The fraction of sp³-hybridized carbons (Fsp3) is 0.143. The van der Waals surface area contributed by atoms with Gasteiger partial charge in [0.05, 0.1) is 0 Å². The fourth-order valence-corrected chi connectivity index (χ4v) is 2.57. The summed E-state index contributed by atoms with van der Waals surface area (Å²) in [6.07, 6.45) is 0.592. The number of nitrogens with one attached hydrogen (secondary N) is 1. The van der Waals surface area contributed by atoms with E-state index in [1.807, 2.05) is 30.3 Å². The molecule has 0 saturated heterocycles. The fourth-order valence-electron chi connectivity index (χ4n) is 1.93. The van der Waals surface area contributed by atoms with Crippen LogP contribution in [-0.4, -0.2) is 0 Å². The maximum absolute atomic E-state index is 13.3. The Morgan fingerprint density at radius 2 is 1.89 bits per heavy atom. The van der Waals surface area contributed by atoms with Crippen LogP contribution in [0.25, 0.3) is 0 Å². The molecule has 100 valence electrons. The monoisotopic (exact) mass is 342 g/mol. The van der Waals surface area contributed by atoms with Crippen LogP contribution >= 0.6 is 27.5 Å². The van der Waals surface area contributed by atoms with Gasteiger partial charge in [-0.15, -0.1) is 0 Å². The number of halogens is 3. The van der Waals surface area contributed by atoms with Crippen LogP contribution in [0.5, 0.6) is 0 Å². The van der Waals surface area contributed by atoms with E-state index in [0.29, 0.717) is 11.4 Å². The van der Waals surface area contributed by atoms with E-state index in [2.05, 4.69) is 21.4 Å². The predicted molar refractivity (Wildman–Crippen MR) is 79.3 cm³/mol. The number of benzene rings is 2. The van der Waals surface area contributed by atoms with Gasteiger partial charge in [0, 0.05) is 15.5 Å². The summed E-state index contributed by atoms with van der Waals surface area (Å²) in [6, 6.07) is 12.1. The van der Waals surface area contributed by atoms with Gasteiger partial charge in [0.2, 0.25) is 0 Å². The molecule has 2 aromatic rings. The number of hydrogen-bond acceptors (Lipinski definition) is 2. The van der Waals surface area contributed by atoms with Crippen molar-refractivity contribution < 1.29 is 4.39 Å². The maximum atomic E-state index is 13.3. The Labute approximate surface area is 124 Å². The van der Waals surface area contributed by atoms with Crippen molar-refractivity contribution in [1.82, 2.24) is 5.43 Å². The standard InChI is InChI=1S/C14H13BrClFN2/c15-11-5-9(6-13(17)8-11)7-14(19-18)10-1-3-12(16)4-2-10/h1-6,8,14,19H,7,18H2. The molecule has 3 N–H and O–H groups in total. The second-order valence-electron chi connectivity index (χ2n) is 4.25. The van der Waals surface area contributed by atoms with Crippen LogP contribution in [0.3, 0.4) is 0 Å². The number of hydrogen-bond donors (Lipinski definition) is 2.